The first-order valence-electron chi connectivity index (χ1n) is 8.92. The molecule has 2 heterocycles. The number of benzene rings is 2. The molecule has 0 aliphatic carbocycles. The van der Waals surface area contributed by atoms with Gasteiger partial charge in [-0.2, -0.15) is 0 Å². The van der Waals surface area contributed by atoms with Gasteiger partial charge in [0, 0.05) is 4.47 Å². The van der Waals surface area contributed by atoms with Crippen LogP contribution in [0.5, 0.6) is 5.75 Å². The number of rotatable bonds is 2. The summed E-state index contributed by atoms with van der Waals surface area (Å²) in [6.45, 7) is 3.94. The molecule has 130 valence electrons. The van der Waals surface area contributed by atoms with Gasteiger partial charge in [-0.15, -0.1) is 0 Å². The second-order valence-electron chi connectivity index (χ2n) is 7.07. The number of likely N-dealkylation sites (tertiary alicyclic amines) is 1. The van der Waals surface area contributed by atoms with Crippen molar-refractivity contribution in [1.29, 1.82) is 0 Å². The number of piperidine rings is 1. The third kappa shape index (κ3) is 2.81. The first-order chi connectivity index (χ1) is 12.1. The Bertz CT molecular complexity index is 786. The Morgan fingerprint density at radius 2 is 1.80 bits per heavy atom. The number of ether oxygens (including phenoxy) is 1. The zero-order valence-corrected chi connectivity index (χ0v) is 16.0. The Kier molecular flexibility index (Phi) is 4.42. The fraction of sp³-hybridized carbons (Fsp3) is 0.381. The van der Waals surface area contributed by atoms with Crippen LogP contribution in [0.3, 0.4) is 0 Å². The molecular weight excluding hydrogens is 378 g/mol. The molecule has 2 aromatic rings. The van der Waals surface area contributed by atoms with Gasteiger partial charge in [-0.25, -0.2) is 0 Å². The van der Waals surface area contributed by atoms with E-state index in [4.69, 9.17) is 4.74 Å². The van der Waals surface area contributed by atoms with Crippen LogP contribution < -0.4 is 4.74 Å². The van der Waals surface area contributed by atoms with Gasteiger partial charge < -0.3 is 4.74 Å². The molecule has 0 aromatic heterocycles. The summed E-state index contributed by atoms with van der Waals surface area (Å²) in [5.74, 6) is 0.836. The van der Waals surface area contributed by atoms with Crippen LogP contribution in [0.1, 0.15) is 48.2 Å². The van der Waals surface area contributed by atoms with Crippen LogP contribution in [0.4, 0.5) is 0 Å². The molecule has 1 fully saturated rings. The molecule has 0 N–H and O–H groups in total. The lowest BCUT2D eigenvalue weighted by atomic mass is 9.77. The molecule has 1 saturated heterocycles. The molecule has 2 aromatic carbocycles. The van der Waals surface area contributed by atoms with Crippen LogP contribution >= 0.6 is 15.9 Å². The minimum atomic E-state index is -0.685. The van der Waals surface area contributed by atoms with E-state index in [0.29, 0.717) is 11.3 Å². The minimum Gasteiger partial charge on any atom is -0.483 e. The number of carbonyl (C=O) groups excluding carboxylic acids is 1. The minimum absolute atomic E-state index is 0.158. The smallest absolute Gasteiger partial charge is 0.190 e. The Hall–Kier alpha value is -1.65. The molecular formula is C21H22BrNO2. The zero-order chi connectivity index (χ0) is 17.4. The summed E-state index contributed by atoms with van der Waals surface area (Å²) in [7, 11) is 0. The van der Waals surface area contributed by atoms with Gasteiger partial charge in [0.1, 0.15) is 17.4 Å². The summed E-state index contributed by atoms with van der Waals surface area (Å²) in [5.41, 5.74) is 1.04. The normalized spacial score (nSPS) is 26.8. The monoisotopic (exact) mass is 399 g/mol. The lowest BCUT2D eigenvalue weighted by Crippen LogP contribution is -2.60. The Labute approximate surface area is 157 Å². The molecule has 2 aliphatic heterocycles. The fourth-order valence-corrected chi connectivity index (χ4v) is 4.47. The lowest BCUT2D eigenvalue weighted by Gasteiger charge is -2.49. The quantitative estimate of drug-likeness (QED) is 0.710. The van der Waals surface area contributed by atoms with E-state index in [2.05, 4.69) is 39.9 Å². The predicted octanol–water partition coefficient (Wildman–Crippen LogP) is 5.01. The number of ketones is 1. The van der Waals surface area contributed by atoms with Crippen LogP contribution in [0.15, 0.2) is 53.0 Å². The van der Waals surface area contributed by atoms with Crippen LogP contribution in [-0.2, 0) is 0 Å². The highest BCUT2D eigenvalue weighted by Gasteiger charge is 2.52. The van der Waals surface area contributed by atoms with Gasteiger partial charge in [0.25, 0.3) is 0 Å². The predicted molar refractivity (Wildman–Crippen MR) is 102 cm³/mol. The summed E-state index contributed by atoms with van der Waals surface area (Å²) >= 11 is 3.49. The van der Waals surface area contributed by atoms with Crippen molar-refractivity contribution in [3.05, 3.63) is 64.1 Å². The van der Waals surface area contributed by atoms with Gasteiger partial charge in [0.15, 0.2) is 5.78 Å². The maximum atomic E-state index is 13.6. The maximum absolute atomic E-state index is 13.6. The SMILES string of the molecule is C[C@@]1(N2CCCCC2)C(=O)c2cc(Br)ccc2O[C@H]1c1ccccc1. The van der Waals surface area contributed by atoms with Crippen LogP contribution in [0.25, 0.3) is 0 Å². The molecule has 0 bridgehead atoms. The van der Waals surface area contributed by atoms with E-state index < -0.39 is 5.54 Å². The average molecular weight is 400 g/mol. The molecule has 3 nitrogen and oxygen atoms in total. The zero-order valence-electron chi connectivity index (χ0n) is 14.4. The van der Waals surface area contributed by atoms with Gasteiger partial charge in [-0.05, 0) is 56.6 Å². The van der Waals surface area contributed by atoms with E-state index in [-0.39, 0.29) is 11.9 Å². The van der Waals surface area contributed by atoms with Crippen LogP contribution in [0.2, 0.25) is 0 Å². The number of halogens is 1. The van der Waals surface area contributed by atoms with Crippen molar-refractivity contribution >= 4 is 21.7 Å². The van der Waals surface area contributed by atoms with Crippen molar-refractivity contribution in [1.82, 2.24) is 4.90 Å². The standard InChI is InChI=1S/C21H22BrNO2/c1-21(23-12-6-3-7-13-23)19(24)17-14-16(22)10-11-18(17)25-20(21)15-8-4-2-5-9-15/h2,4-5,8-11,14,20H,3,6-7,12-13H2,1H3/t20-,21+/m0/s1. The van der Waals surface area contributed by atoms with Crippen molar-refractivity contribution in [3.63, 3.8) is 0 Å². The Morgan fingerprint density at radius 1 is 1.08 bits per heavy atom. The molecule has 4 heteroatoms. The highest BCUT2D eigenvalue weighted by Crippen LogP contribution is 2.45. The highest BCUT2D eigenvalue weighted by atomic mass is 79.9. The van der Waals surface area contributed by atoms with Gasteiger partial charge in [-0.1, -0.05) is 52.7 Å². The topological polar surface area (TPSA) is 29.5 Å². The second kappa shape index (κ2) is 6.58. The third-order valence-electron chi connectivity index (χ3n) is 5.52. The van der Waals surface area contributed by atoms with Crippen molar-refractivity contribution in [3.8, 4) is 5.75 Å². The molecule has 0 radical (unpaired) electrons. The molecule has 0 unspecified atom stereocenters. The number of hydrogen-bond donors (Lipinski definition) is 0. The Balaban J connectivity index is 1.85. The first kappa shape index (κ1) is 16.8. The first-order valence-corrected chi connectivity index (χ1v) is 9.71. The Morgan fingerprint density at radius 3 is 2.52 bits per heavy atom. The molecule has 0 amide bonds. The lowest BCUT2D eigenvalue weighted by molar-refractivity contribution is -0.0154. The number of fused-ring (bicyclic) bond motifs is 1. The van der Waals surface area contributed by atoms with Crippen LogP contribution in [0, 0.1) is 0 Å². The van der Waals surface area contributed by atoms with Crippen molar-refractivity contribution in [2.45, 2.75) is 37.8 Å². The number of nitrogens with zero attached hydrogens (tertiary/aromatic N) is 1. The van der Waals surface area contributed by atoms with Gasteiger partial charge >= 0.3 is 0 Å². The van der Waals surface area contributed by atoms with Gasteiger partial charge in [-0.3, -0.25) is 9.69 Å². The van der Waals surface area contributed by atoms with E-state index >= 15 is 0 Å². The summed E-state index contributed by atoms with van der Waals surface area (Å²) in [4.78, 5) is 16.0. The second-order valence-corrected chi connectivity index (χ2v) is 7.99. The largest absolute Gasteiger partial charge is 0.483 e. The van der Waals surface area contributed by atoms with Crippen molar-refractivity contribution in [2.24, 2.45) is 0 Å². The summed E-state index contributed by atoms with van der Waals surface area (Å²) in [6.07, 6.45) is 3.21. The number of carbonyl (C=O) groups is 1. The summed E-state index contributed by atoms with van der Waals surface area (Å²) < 4.78 is 7.33. The molecule has 0 saturated carbocycles. The molecule has 4 rings (SSSR count). The molecule has 2 atom stereocenters. The average Bonchev–Trinajstić information content (AvgIpc) is 2.66. The fourth-order valence-electron chi connectivity index (χ4n) is 4.10. The third-order valence-corrected chi connectivity index (χ3v) is 6.01. The van der Waals surface area contributed by atoms with E-state index in [9.17, 15) is 4.79 Å². The van der Waals surface area contributed by atoms with Gasteiger partial charge in [0.05, 0.1) is 5.56 Å². The van der Waals surface area contributed by atoms with Crippen molar-refractivity contribution < 1.29 is 9.53 Å². The summed E-state index contributed by atoms with van der Waals surface area (Å²) in [6, 6.07) is 15.8. The highest BCUT2D eigenvalue weighted by molar-refractivity contribution is 9.10. The molecule has 2 aliphatic rings. The summed E-state index contributed by atoms with van der Waals surface area (Å²) in [5, 5.41) is 0. The molecule has 0 spiro atoms. The van der Waals surface area contributed by atoms with E-state index in [1.54, 1.807) is 0 Å². The molecule has 25 heavy (non-hydrogen) atoms. The van der Waals surface area contributed by atoms with E-state index in [1.165, 1.54) is 6.42 Å². The number of Topliss-reactive ketones (excluding diaryl/α,β-unsaturated/α-hetero) is 1. The number of hydrogen-bond acceptors (Lipinski definition) is 3. The van der Waals surface area contributed by atoms with Gasteiger partial charge in [0.2, 0.25) is 0 Å². The van der Waals surface area contributed by atoms with E-state index in [1.807, 2.05) is 36.4 Å². The van der Waals surface area contributed by atoms with E-state index in [0.717, 1.165) is 36.0 Å². The van der Waals surface area contributed by atoms with Crippen LogP contribution in [-0.4, -0.2) is 29.3 Å². The maximum Gasteiger partial charge on any atom is 0.190 e. The van der Waals surface area contributed by atoms with Crippen molar-refractivity contribution in [2.75, 3.05) is 13.1 Å².